The Hall–Kier alpha value is -1.41. The third-order valence-corrected chi connectivity index (χ3v) is 4.79. The summed E-state index contributed by atoms with van der Waals surface area (Å²) < 4.78 is 28.0. The van der Waals surface area contributed by atoms with Crippen molar-refractivity contribution in [3.63, 3.8) is 0 Å². The van der Waals surface area contributed by atoms with Crippen LogP contribution in [0.15, 0.2) is 39.8 Å². The van der Waals surface area contributed by atoms with Crippen LogP contribution >= 0.6 is 15.9 Å². The Bertz CT molecular complexity index is 651. The van der Waals surface area contributed by atoms with E-state index in [1.807, 2.05) is 0 Å². The van der Waals surface area contributed by atoms with Crippen molar-refractivity contribution in [1.82, 2.24) is 15.0 Å². The van der Waals surface area contributed by atoms with Crippen molar-refractivity contribution in [3.05, 3.63) is 34.9 Å². The van der Waals surface area contributed by atoms with Crippen LogP contribution in [-0.2, 0) is 17.1 Å². The summed E-state index contributed by atoms with van der Waals surface area (Å²) in [4.78, 5) is 0.217. The van der Waals surface area contributed by atoms with Gasteiger partial charge >= 0.3 is 0 Å². The summed E-state index contributed by atoms with van der Waals surface area (Å²) in [6, 6.07) is 6.45. The second kappa shape index (κ2) is 4.69. The fraction of sp³-hybridized carbons (Fsp3) is 0.200. The minimum atomic E-state index is -3.59. The molecule has 6 nitrogen and oxygen atoms in total. The number of benzene rings is 1. The largest absolute Gasteiger partial charge is 0.265 e. The number of aromatic nitrogens is 3. The molecule has 0 radical (unpaired) electrons. The zero-order chi connectivity index (χ0) is 13.3. The Morgan fingerprint density at radius 1 is 1.28 bits per heavy atom. The van der Waals surface area contributed by atoms with E-state index in [-0.39, 0.29) is 4.90 Å². The monoisotopic (exact) mass is 330 g/mol. The first-order chi connectivity index (χ1) is 8.43. The van der Waals surface area contributed by atoms with E-state index in [4.69, 9.17) is 0 Å². The number of aryl methyl sites for hydroxylation is 1. The van der Waals surface area contributed by atoms with Crippen LogP contribution in [0.25, 0.3) is 0 Å². The summed E-state index contributed by atoms with van der Waals surface area (Å²) >= 11 is 3.27. The van der Waals surface area contributed by atoms with E-state index < -0.39 is 10.0 Å². The van der Waals surface area contributed by atoms with Gasteiger partial charge in [0.2, 0.25) is 0 Å². The maximum absolute atomic E-state index is 12.3. The van der Waals surface area contributed by atoms with E-state index in [0.717, 1.165) is 8.78 Å². The highest BCUT2D eigenvalue weighted by atomic mass is 79.9. The van der Waals surface area contributed by atoms with E-state index in [1.165, 1.54) is 17.9 Å². The molecule has 0 saturated carbocycles. The van der Waals surface area contributed by atoms with Gasteiger partial charge in [-0.1, -0.05) is 21.1 Å². The van der Waals surface area contributed by atoms with E-state index in [2.05, 4.69) is 26.2 Å². The molecule has 2 aromatic rings. The lowest BCUT2D eigenvalue weighted by Crippen LogP contribution is -2.28. The van der Waals surface area contributed by atoms with Crippen molar-refractivity contribution < 1.29 is 8.42 Å². The van der Waals surface area contributed by atoms with Crippen LogP contribution in [0.5, 0.6) is 0 Å². The molecule has 0 N–H and O–H groups in total. The normalized spacial score (nSPS) is 11.5. The zero-order valence-electron chi connectivity index (χ0n) is 9.78. The molecular formula is C10H11BrN4O2S. The number of halogens is 1. The van der Waals surface area contributed by atoms with Crippen molar-refractivity contribution in [1.29, 1.82) is 0 Å². The van der Waals surface area contributed by atoms with Gasteiger partial charge in [0.15, 0.2) is 5.82 Å². The molecule has 1 heterocycles. The summed E-state index contributed by atoms with van der Waals surface area (Å²) in [7, 11) is -0.486. The maximum Gasteiger partial charge on any atom is 0.265 e. The molecule has 2 rings (SSSR count). The molecule has 0 unspecified atom stereocenters. The number of rotatable bonds is 3. The van der Waals surface area contributed by atoms with Crippen molar-refractivity contribution in [2.75, 3.05) is 11.4 Å². The van der Waals surface area contributed by atoms with Gasteiger partial charge in [-0.15, -0.1) is 5.10 Å². The second-order valence-corrected chi connectivity index (χ2v) is 6.53. The molecule has 96 valence electrons. The molecule has 1 aromatic heterocycles. The number of sulfonamides is 1. The van der Waals surface area contributed by atoms with E-state index >= 15 is 0 Å². The highest BCUT2D eigenvalue weighted by molar-refractivity contribution is 9.10. The lowest BCUT2D eigenvalue weighted by Gasteiger charge is -2.18. The van der Waals surface area contributed by atoms with Crippen molar-refractivity contribution in [3.8, 4) is 0 Å². The van der Waals surface area contributed by atoms with Crippen LogP contribution in [0.4, 0.5) is 5.82 Å². The molecule has 0 spiro atoms. The predicted octanol–water partition coefficient (Wildman–Crippen LogP) is 1.40. The highest BCUT2D eigenvalue weighted by Gasteiger charge is 2.23. The summed E-state index contributed by atoms with van der Waals surface area (Å²) in [5.41, 5.74) is 0. The first-order valence-electron chi connectivity index (χ1n) is 5.02. The molecule has 0 bridgehead atoms. The van der Waals surface area contributed by atoms with Crippen molar-refractivity contribution >= 4 is 31.8 Å². The van der Waals surface area contributed by atoms with Gasteiger partial charge in [0.1, 0.15) is 0 Å². The Morgan fingerprint density at radius 2 is 1.89 bits per heavy atom. The average molecular weight is 331 g/mol. The maximum atomic E-state index is 12.3. The van der Waals surface area contributed by atoms with Crippen molar-refractivity contribution in [2.45, 2.75) is 4.90 Å². The summed E-state index contributed by atoms with van der Waals surface area (Å²) in [6.45, 7) is 0. The van der Waals surface area contributed by atoms with Crippen LogP contribution in [0.2, 0.25) is 0 Å². The number of hydrogen-bond acceptors (Lipinski definition) is 4. The van der Waals surface area contributed by atoms with Gasteiger partial charge in [0.05, 0.1) is 11.1 Å². The molecule has 0 saturated heterocycles. The smallest absolute Gasteiger partial charge is 0.252 e. The van der Waals surface area contributed by atoms with Gasteiger partial charge in [-0.2, -0.15) is 0 Å². The lowest BCUT2D eigenvalue weighted by atomic mass is 10.4. The van der Waals surface area contributed by atoms with Gasteiger partial charge in [-0.3, -0.25) is 4.31 Å². The van der Waals surface area contributed by atoms with Crippen LogP contribution in [-0.4, -0.2) is 30.5 Å². The minimum absolute atomic E-state index is 0.217. The van der Waals surface area contributed by atoms with Gasteiger partial charge in [-0.25, -0.2) is 13.1 Å². The Kier molecular flexibility index (Phi) is 3.40. The van der Waals surface area contributed by atoms with E-state index in [1.54, 1.807) is 31.3 Å². The second-order valence-electron chi connectivity index (χ2n) is 3.64. The van der Waals surface area contributed by atoms with E-state index in [9.17, 15) is 8.42 Å². The van der Waals surface area contributed by atoms with Gasteiger partial charge in [0, 0.05) is 18.6 Å². The van der Waals surface area contributed by atoms with Crippen LogP contribution in [0.1, 0.15) is 0 Å². The fourth-order valence-electron chi connectivity index (χ4n) is 1.46. The average Bonchev–Trinajstić information content (AvgIpc) is 2.75. The fourth-order valence-corrected chi connectivity index (χ4v) is 2.93. The molecule has 18 heavy (non-hydrogen) atoms. The molecule has 0 aliphatic carbocycles. The number of nitrogens with zero attached hydrogens (tertiary/aromatic N) is 4. The number of anilines is 1. The Labute approximate surface area is 113 Å². The molecule has 8 heteroatoms. The molecular weight excluding hydrogens is 320 g/mol. The predicted molar refractivity (Wildman–Crippen MR) is 70.7 cm³/mol. The molecule has 0 atom stereocenters. The van der Waals surface area contributed by atoms with Gasteiger partial charge < -0.3 is 0 Å². The molecule has 1 aromatic carbocycles. The van der Waals surface area contributed by atoms with Crippen LogP contribution in [0, 0.1) is 0 Å². The third kappa shape index (κ3) is 2.25. The molecule has 0 aliphatic heterocycles. The topological polar surface area (TPSA) is 68.1 Å². The van der Waals surface area contributed by atoms with Gasteiger partial charge in [-0.05, 0) is 24.3 Å². The first-order valence-corrected chi connectivity index (χ1v) is 7.25. The van der Waals surface area contributed by atoms with Crippen molar-refractivity contribution in [2.24, 2.45) is 7.05 Å². The summed E-state index contributed by atoms with van der Waals surface area (Å²) in [6.07, 6.45) is 1.40. The summed E-state index contributed by atoms with van der Waals surface area (Å²) in [5, 5.41) is 7.38. The quantitative estimate of drug-likeness (QED) is 0.853. The zero-order valence-corrected chi connectivity index (χ0v) is 12.2. The Balaban J connectivity index is 2.43. The first kappa shape index (κ1) is 13.0. The third-order valence-electron chi connectivity index (χ3n) is 2.49. The Morgan fingerprint density at radius 3 is 2.39 bits per heavy atom. The van der Waals surface area contributed by atoms with Crippen LogP contribution < -0.4 is 4.31 Å². The standard InChI is InChI=1S/C10H11BrN4O2S/c1-14-10(7-12-13-14)15(2)18(16,17)9-5-3-8(11)4-6-9/h3-7H,1-2H3. The lowest BCUT2D eigenvalue weighted by molar-refractivity contribution is 0.592. The van der Waals surface area contributed by atoms with Gasteiger partial charge in [0.25, 0.3) is 10.0 Å². The minimum Gasteiger partial charge on any atom is -0.252 e. The van der Waals surface area contributed by atoms with Crippen LogP contribution in [0.3, 0.4) is 0 Å². The SMILES string of the molecule is CN(c1cnnn1C)S(=O)(=O)c1ccc(Br)cc1. The molecule has 0 aliphatic rings. The highest BCUT2D eigenvalue weighted by Crippen LogP contribution is 2.21. The van der Waals surface area contributed by atoms with E-state index in [0.29, 0.717) is 5.82 Å². The molecule has 0 fully saturated rings. The summed E-state index contributed by atoms with van der Waals surface area (Å²) in [5.74, 6) is 0.401. The number of hydrogen-bond donors (Lipinski definition) is 0. The molecule has 0 amide bonds.